The van der Waals surface area contributed by atoms with Gasteiger partial charge in [0.15, 0.2) is 0 Å². The molecule has 0 aliphatic carbocycles. The first-order valence-electron chi connectivity index (χ1n) is 7.32. The molecule has 0 saturated carbocycles. The van der Waals surface area contributed by atoms with Crippen LogP contribution in [-0.2, 0) is 4.79 Å². The summed E-state index contributed by atoms with van der Waals surface area (Å²) in [6.07, 6.45) is 3.93. The van der Waals surface area contributed by atoms with Crippen LogP contribution in [0, 0.1) is 17.3 Å². The van der Waals surface area contributed by atoms with Crippen molar-refractivity contribution in [3.8, 4) is 0 Å². The van der Waals surface area contributed by atoms with E-state index in [4.69, 9.17) is 5.73 Å². The fourth-order valence-corrected chi connectivity index (χ4v) is 2.67. The third kappa shape index (κ3) is 4.97. The Morgan fingerprint density at radius 3 is 2.28 bits per heavy atom. The van der Waals surface area contributed by atoms with Crippen molar-refractivity contribution in [2.75, 3.05) is 19.6 Å². The molecule has 1 rings (SSSR count). The molecule has 3 nitrogen and oxygen atoms in total. The van der Waals surface area contributed by atoms with Crippen LogP contribution in [0.1, 0.15) is 53.4 Å². The average molecular weight is 254 g/mol. The van der Waals surface area contributed by atoms with Crippen molar-refractivity contribution in [2.45, 2.75) is 53.4 Å². The Labute approximate surface area is 112 Å². The summed E-state index contributed by atoms with van der Waals surface area (Å²) < 4.78 is 0. The lowest BCUT2D eigenvalue weighted by Crippen LogP contribution is -2.42. The van der Waals surface area contributed by atoms with Gasteiger partial charge in [0.25, 0.3) is 0 Å². The maximum absolute atomic E-state index is 12.2. The number of carbonyl (C=O) groups excluding carboxylic acids is 1. The number of piperidine rings is 1. The zero-order valence-electron chi connectivity index (χ0n) is 12.5. The molecule has 1 amide bonds. The quantitative estimate of drug-likeness (QED) is 0.820. The maximum Gasteiger partial charge on any atom is 0.222 e. The molecule has 1 aliphatic rings. The molecule has 1 saturated heterocycles. The fourth-order valence-electron chi connectivity index (χ4n) is 2.67. The van der Waals surface area contributed by atoms with Gasteiger partial charge in [-0.15, -0.1) is 0 Å². The van der Waals surface area contributed by atoms with E-state index in [1.807, 2.05) is 4.90 Å². The van der Waals surface area contributed by atoms with Gasteiger partial charge in [0.1, 0.15) is 0 Å². The molecule has 0 radical (unpaired) electrons. The summed E-state index contributed by atoms with van der Waals surface area (Å²) in [6, 6.07) is 0. The second-order valence-corrected chi connectivity index (χ2v) is 6.98. The van der Waals surface area contributed by atoms with Crippen LogP contribution in [0.2, 0.25) is 0 Å². The first kappa shape index (κ1) is 15.5. The van der Waals surface area contributed by atoms with E-state index in [1.54, 1.807) is 0 Å². The third-order valence-corrected chi connectivity index (χ3v) is 4.07. The second-order valence-electron chi connectivity index (χ2n) is 6.98. The van der Waals surface area contributed by atoms with Gasteiger partial charge in [-0.1, -0.05) is 27.7 Å². The van der Waals surface area contributed by atoms with E-state index in [9.17, 15) is 4.79 Å². The lowest BCUT2D eigenvalue weighted by Gasteiger charge is -2.37. The molecule has 106 valence electrons. The highest BCUT2D eigenvalue weighted by Crippen LogP contribution is 2.30. The molecule has 3 heteroatoms. The Kier molecular flexibility index (Phi) is 5.64. The number of nitrogens with two attached hydrogens (primary N) is 1. The zero-order chi connectivity index (χ0) is 13.8. The van der Waals surface area contributed by atoms with Crippen molar-refractivity contribution < 1.29 is 4.79 Å². The summed E-state index contributed by atoms with van der Waals surface area (Å²) in [5.74, 6) is 1.28. The molecule has 0 bridgehead atoms. The minimum atomic E-state index is 0.307. The molecule has 0 aromatic heterocycles. The van der Waals surface area contributed by atoms with Gasteiger partial charge in [-0.05, 0) is 43.1 Å². The molecule has 1 aliphatic heterocycles. The van der Waals surface area contributed by atoms with Crippen molar-refractivity contribution >= 4 is 5.91 Å². The van der Waals surface area contributed by atoms with Crippen LogP contribution in [0.25, 0.3) is 0 Å². The van der Waals surface area contributed by atoms with Crippen LogP contribution in [-0.4, -0.2) is 30.4 Å². The van der Waals surface area contributed by atoms with Gasteiger partial charge in [-0.25, -0.2) is 0 Å². The molecule has 1 heterocycles. The molecule has 1 atom stereocenters. The summed E-state index contributed by atoms with van der Waals surface area (Å²) in [4.78, 5) is 14.3. The SMILES string of the molecule is CC(C)C[C@H](CN)CC(=O)N1CCC(C)(C)CC1. The van der Waals surface area contributed by atoms with E-state index in [1.165, 1.54) is 0 Å². The van der Waals surface area contributed by atoms with Crippen molar-refractivity contribution in [3.63, 3.8) is 0 Å². The maximum atomic E-state index is 12.2. The fraction of sp³-hybridized carbons (Fsp3) is 0.933. The highest BCUT2D eigenvalue weighted by atomic mass is 16.2. The van der Waals surface area contributed by atoms with E-state index in [2.05, 4.69) is 27.7 Å². The summed E-state index contributed by atoms with van der Waals surface area (Å²) in [5.41, 5.74) is 6.18. The van der Waals surface area contributed by atoms with Crippen LogP contribution >= 0.6 is 0 Å². The summed E-state index contributed by atoms with van der Waals surface area (Å²) in [5, 5.41) is 0. The Hall–Kier alpha value is -0.570. The molecule has 1 fully saturated rings. The smallest absolute Gasteiger partial charge is 0.222 e. The van der Waals surface area contributed by atoms with Gasteiger partial charge < -0.3 is 10.6 Å². The average Bonchev–Trinajstić information content (AvgIpc) is 2.27. The molecular formula is C15H30N2O. The van der Waals surface area contributed by atoms with Gasteiger partial charge in [0, 0.05) is 19.5 Å². The van der Waals surface area contributed by atoms with Crippen LogP contribution in [0.3, 0.4) is 0 Å². The van der Waals surface area contributed by atoms with E-state index < -0.39 is 0 Å². The Morgan fingerprint density at radius 2 is 1.83 bits per heavy atom. The summed E-state index contributed by atoms with van der Waals surface area (Å²) in [6.45, 7) is 11.4. The van der Waals surface area contributed by atoms with Crippen molar-refractivity contribution in [1.82, 2.24) is 4.90 Å². The Morgan fingerprint density at radius 1 is 1.28 bits per heavy atom. The number of carbonyl (C=O) groups is 1. The summed E-state index contributed by atoms with van der Waals surface area (Å²) >= 11 is 0. The number of hydrogen-bond acceptors (Lipinski definition) is 2. The Bertz CT molecular complexity index is 264. The van der Waals surface area contributed by atoms with Crippen LogP contribution in [0.4, 0.5) is 0 Å². The van der Waals surface area contributed by atoms with E-state index in [-0.39, 0.29) is 0 Å². The van der Waals surface area contributed by atoms with Gasteiger partial charge in [-0.3, -0.25) is 4.79 Å². The molecule has 0 aromatic rings. The number of hydrogen-bond donors (Lipinski definition) is 1. The minimum absolute atomic E-state index is 0.307. The van der Waals surface area contributed by atoms with Gasteiger partial charge in [0.05, 0.1) is 0 Å². The highest BCUT2D eigenvalue weighted by molar-refractivity contribution is 5.76. The normalized spacial score (nSPS) is 21.1. The first-order chi connectivity index (χ1) is 8.34. The summed E-state index contributed by atoms with van der Waals surface area (Å²) in [7, 11) is 0. The van der Waals surface area contributed by atoms with E-state index >= 15 is 0 Å². The van der Waals surface area contributed by atoms with E-state index in [0.29, 0.717) is 36.1 Å². The highest BCUT2D eigenvalue weighted by Gasteiger charge is 2.28. The number of amides is 1. The van der Waals surface area contributed by atoms with Gasteiger partial charge >= 0.3 is 0 Å². The van der Waals surface area contributed by atoms with Crippen molar-refractivity contribution in [1.29, 1.82) is 0 Å². The van der Waals surface area contributed by atoms with Crippen molar-refractivity contribution in [3.05, 3.63) is 0 Å². The Balaban J connectivity index is 2.40. The third-order valence-electron chi connectivity index (χ3n) is 4.07. The van der Waals surface area contributed by atoms with Crippen molar-refractivity contribution in [2.24, 2.45) is 23.0 Å². The minimum Gasteiger partial charge on any atom is -0.343 e. The van der Waals surface area contributed by atoms with E-state index in [0.717, 1.165) is 32.4 Å². The molecular weight excluding hydrogens is 224 g/mol. The molecule has 2 N–H and O–H groups in total. The van der Waals surface area contributed by atoms with Crippen LogP contribution in [0.15, 0.2) is 0 Å². The van der Waals surface area contributed by atoms with Crippen LogP contribution in [0.5, 0.6) is 0 Å². The topological polar surface area (TPSA) is 46.3 Å². The molecule has 0 aromatic carbocycles. The number of likely N-dealkylation sites (tertiary alicyclic amines) is 1. The monoisotopic (exact) mass is 254 g/mol. The number of rotatable bonds is 5. The molecule has 0 spiro atoms. The number of nitrogens with zero attached hydrogens (tertiary/aromatic N) is 1. The molecule has 0 unspecified atom stereocenters. The lowest BCUT2D eigenvalue weighted by atomic mass is 9.82. The lowest BCUT2D eigenvalue weighted by molar-refractivity contribution is -0.134. The van der Waals surface area contributed by atoms with Crippen LogP contribution < -0.4 is 5.73 Å². The first-order valence-corrected chi connectivity index (χ1v) is 7.32. The standard InChI is InChI=1S/C15H30N2O/c1-12(2)9-13(11-16)10-14(18)17-7-5-15(3,4)6-8-17/h12-13H,5-11,16H2,1-4H3/t13-/m0/s1. The zero-order valence-corrected chi connectivity index (χ0v) is 12.5. The largest absolute Gasteiger partial charge is 0.343 e. The van der Waals surface area contributed by atoms with Gasteiger partial charge in [0.2, 0.25) is 5.91 Å². The predicted octanol–water partition coefficient (Wildman–Crippen LogP) is 2.65. The second kappa shape index (κ2) is 6.55. The van der Waals surface area contributed by atoms with Gasteiger partial charge in [-0.2, -0.15) is 0 Å². The molecule has 18 heavy (non-hydrogen) atoms. The predicted molar refractivity (Wildman–Crippen MR) is 76.2 cm³/mol.